The number of hydrogen-bond donors (Lipinski definition) is 2. The van der Waals surface area contributed by atoms with Gasteiger partial charge < -0.3 is 5.73 Å². The first-order valence-electron chi connectivity index (χ1n) is 5.09. The van der Waals surface area contributed by atoms with Gasteiger partial charge in [0.2, 0.25) is 0 Å². The van der Waals surface area contributed by atoms with Crippen LogP contribution in [0.15, 0.2) is 30.3 Å². The maximum Gasteiger partial charge on any atom is 0.0711 e. The maximum absolute atomic E-state index is 5.91. The smallest absolute Gasteiger partial charge is 0.0711 e. The summed E-state index contributed by atoms with van der Waals surface area (Å²) in [4.78, 5) is 0. The number of hydrazine groups is 1. The van der Waals surface area contributed by atoms with Crippen molar-refractivity contribution in [2.75, 3.05) is 6.54 Å². The highest BCUT2D eigenvalue weighted by Crippen LogP contribution is 2.28. The highest BCUT2D eigenvalue weighted by atomic mass is 15.4. The van der Waals surface area contributed by atoms with Gasteiger partial charge >= 0.3 is 0 Å². The largest absolute Gasteiger partial charge is 0.315 e. The predicted octanol–water partition coefficient (Wildman–Crippen LogP) is 1.02. The summed E-state index contributed by atoms with van der Waals surface area (Å²) in [7, 11) is 0. The van der Waals surface area contributed by atoms with Crippen molar-refractivity contribution >= 4 is 0 Å². The van der Waals surface area contributed by atoms with E-state index in [0.29, 0.717) is 5.92 Å². The lowest BCUT2D eigenvalue weighted by atomic mass is 9.89. The minimum Gasteiger partial charge on any atom is -0.315 e. The first kappa shape index (κ1) is 9.65. The number of nitrogens with zero attached hydrogens (tertiary/aromatic N) is 1. The lowest BCUT2D eigenvalue weighted by Crippen LogP contribution is -2.51. The Morgan fingerprint density at radius 3 is 2.57 bits per heavy atom. The maximum atomic E-state index is 5.91. The molecule has 0 aliphatic carbocycles. The third kappa shape index (κ3) is 1.95. The monoisotopic (exact) mass is 191 g/mol. The average Bonchev–Trinajstić information content (AvgIpc) is 2.23. The Bertz CT molecular complexity index is 286. The molecular formula is C11H17N3. The number of piperidine rings is 1. The van der Waals surface area contributed by atoms with Crippen LogP contribution in [0.25, 0.3) is 0 Å². The minimum absolute atomic E-state index is 0.00829. The van der Waals surface area contributed by atoms with Crippen LogP contribution in [-0.2, 0) is 0 Å². The van der Waals surface area contributed by atoms with Crippen LogP contribution in [0.2, 0.25) is 0 Å². The van der Waals surface area contributed by atoms with E-state index >= 15 is 0 Å². The fourth-order valence-corrected chi connectivity index (χ4v) is 2.04. The van der Waals surface area contributed by atoms with E-state index in [1.54, 1.807) is 5.01 Å². The molecule has 0 saturated carbocycles. The molecule has 0 amide bonds. The molecule has 0 aromatic heterocycles. The summed E-state index contributed by atoms with van der Waals surface area (Å²) in [5.41, 5.74) is 7.29. The summed E-state index contributed by atoms with van der Waals surface area (Å²) < 4.78 is 0. The number of rotatable bonds is 1. The fourth-order valence-electron chi connectivity index (χ4n) is 2.04. The topological polar surface area (TPSA) is 55.3 Å². The van der Waals surface area contributed by atoms with Gasteiger partial charge in [0.25, 0.3) is 0 Å². The van der Waals surface area contributed by atoms with E-state index in [0.717, 1.165) is 19.4 Å². The molecule has 2 atom stereocenters. The highest BCUT2D eigenvalue weighted by molar-refractivity contribution is 5.20. The molecule has 0 bridgehead atoms. The van der Waals surface area contributed by atoms with Crippen LogP contribution in [0.4, 0.5) is 0 Å². The van der Waals surface area contributed by atoms with Gasteiger partial charge in [0.1, 0.15) is 0 Å². The second kappa shape index (κ2) is 4.09. The summed E-state index contributed by atoms with van der Waals surface area (Å²) in [5, 5.41) is 1.74. The van der Waals surface area contributed by atoms with E-state index in [1.165, 1.54) is 5.56 Å². The van der Waals surface area contributed by atoms with Gasteiger partial charge in [0.05, 0.1) is 6.17 Å². The Kier molecular flexibility index (Phi) is 2.82. The molecule has 1 heterocycles. The quantitative estimate of drug-likeness (QED) is 0.652. The van der Waals surface area contributed by atoms with Crippen LogP contribution < -0.4 is 11.6 Å². The third-order valence-electron chi connectivity index (χ3n) is 2.96. The van der Waals surface area contributed by atoms with Crippen molar-refractivity contribution in [3.63, 3.8) is 0 Å². The molecule has 2 rings (SSSR count). The van der Waals surface area contributed by atoms with Crippen LogP contribution in [-0.4, -0.2) is 17.7 Å². The zero-order valence-corrected chi connectivity index (χ0v) is 8.26. The Labute approximate surface area is 84.7 Å². The van der Waals surface area contributed by atoms with E-state index < -0.39 is 0 Å². The molecule has 3 nitrogen and oxygen atoms in total. The molecule has 76 valence electrons. The van der Waals surface area contributed by atoms with Crippen LogP contribution >= 0.6 is 0 Å². The number of hydrogen-bond acceptors (Lipinski definition) is 3. The molecule has 0 spiro atoms. The molecule has 1 aliphatic heterocycles. The number of nitrogens with two attached hydrogens (primary N) is 2. The van der Waals surface area contributed by atoms with E-state index in [-0.39, 0.29) is 6.17 Å². The second-order valence-electron chi connectivity index (χ2n) is 3.94. The van der Waals surface area contributed by atoms with Gasteiger partial charge in [-0.25, -0.2) is 5.01 Å². The first-order chi connectivity index (χ1) is 6.77. The molecule has 1 fully saturated rings. The molecule has 1 aromatic carbocycles. The fraction of sp³-hybridized carbons (Fsp3) is 0.455. The molecule has 2 unspecified atom stereocenters. The number of benzene rings is 1. The summed E-state index contributed by atoms with van der Waals surface area (Å²) in [6, 6.07) is 10.5. The van der Waals surface area contributed by atoms with Gasteiger partial charge in [0.15, 0.2) is 0 Å². The zero-order valence-electron chi connectivity index (χ0n) is 8.26. The predicted molar refractivity (Wildman–Crippen MR) is 57.3 cm³/mol. The summed E-state index contributed by atoms with van der Waals surface area (Å²) in [5.74, 6) is 6.30. The van der Waals surface area contributed by atoms with Gasteiger partial charge in [-0.05, 0) is 24.3 Å². The Hall–Kier alpha value is -0.900. The van der Waals surface area contributed by atoms with Crippen molar-refractivity contribution in [3.8, 4) is 0 Å². The molecule has 4 N–H and O–H groups in total. The molecular weight excluding hydrogens is 174 g/mol. The van der Waals surface area contributed by atoms with Crippen LogP contribution in [0, 0.1) is 0 Å². The average molecular weight is 191 g/mol. The van der Waals surface area contributed by atoms with Gasteiger partial charge in [-0.15, -0.1) is 0 Å². The van der Waals surface area contributed by atoms with Crippen molar-refractivity contribution in [1.82, 2.24) is 5.01 Å². The molecule has 1 aromatic rings. The Morgan fingerprint density at radius 1 is 1.21 bits per heavy atom. The standard InChI is InChI=1S/C11H17N3/c12-11-8-10(6-7-14(11)13)9-4-2-1-3-5-9/h1-5,10-11H,6-8,12-13H2. The van der Waals surface area contributed by atoms with E-state index in [4.69, 9.17) is 11.6 Å². The van der Waals surface area contributed by atoms with Crippen LogP contribution in [0.5, 0.6) is 0 Å². The van der Waals surface area contributed by atoms with Gasteiger partial charge in [0, 0.05) is 6.54 Å². The van der Waals surface area contributed by atoms with Gasteiger partial charge in [-0.2, -0.15) is 0 Å². The normalized spacial score (nSPS) is 29.0. The summed E-state index contributed by atoms with van der Waals surface area (Å²) in [6.45, 7) is 0.890. The van der Waals surface area contributed by atoms with Crippen molar-refractivity contribution < 1.29 is 0 Å². The Morgan fingerprint density at radius 2 is 1.93 bits per heavy atom. The first-order valence-corrected chi connectivity index (χ1v) is 5.09. The third-order valence-corrected chi connectivity index (χ3v) is 2.96. The molecule has 1 saturated heterocycles. The molecule has 3 heteroatoms. The van der Waals surface area contributed by atoms with E-state index in [1.807, 2.05) is 6.07 Å². The van der Waals surface area contributed by atoms with Crippen molar-refractivity contribution in [1.29, 1.82) is 0 Å². The highest BCUT2D eigenvalue weighted by Gasteiger charge is 2.24. The van der Waals surface area contributed by atoms with E-state index in [2.05, 4.69) is 24.3 Å². The zero-order chi connectivity index (χ0) is 9.97. The van der Waals surface area contributed by atoms with E-state index in [9.17, 15) is 0 Å². The lowest BCUT2D eigenvalue weighted by Gasteiger charge is -2.34. The molecule has 1 aliphatic rings. The van der Waals surface area contributed by atoms with Gasteiger partial charge in [-0.3, -0.25) is 5.84 Å². The Balaban J connectivity index is 2.07. The minimum atomic E-state index is 0.00829. The van der Waals surface area contributed by atoms with Crippen molar-refractivity contribution in [3.05, 3.63) is 35.9 Å². The van der Waals surface area contributed by atoms with Crippen LogP contribution in [0.1, 0.15) is 24.3 Å². The lowest BCUT2D eigenvalue weighted by molar-refractivity contribution is 0.140. The summed E-state index contributed by atoms with van der Waals surface area (Å²) >= 11 is 0. The second-order valence-corrected chi connectivity index (χ2v) is 3.94. The van der Waals surface area contributed by atoms with Gasteiger partial charge in [-0.1, -0.05) is 30.3 Å². The van der Waals surface area contributed by atoms with Crippen molar-refractivity contribution in [2.45, 2.75) is 24.9 Å². The molecule has 14 heavy (non-hydrogen) atoms. The molecule has 0 radical (unpaired) electrons. The SMILES string of the molecule is NC1CC(c2ccccc2)CCN1N. The summed E-state index contributed by atoms with van der Waals surface area (Å²) in [6.07, 6.45) is 2.07. The van der Waals surface area contributed by atoms with Crippen LogP contribution in [0.3, 0.4) is 0 Å². The van der Waals surface area contributed by atoms with Crippen molar-refractivity contribution in [2.24, 2.45) is 11.6 Å².